The monoisotopic (exact) mass is 283 g/mol. The first-order chi connectivity index (χ1) is 9.47. The smallest absolute Gasteiger partial charge is 0.314 e. The molecule has 0 aliphatic carbocycles. The predicted octanol–water partition coefficient (Wildman–Crippen LogP) is 4.03. The van der Waals surface area contributed by atoms with E-state index in [1.54, 1.807) is 6.07 Å². The Hall–Kier alpha value is -1.47. The van der Waals surface area contributed by atoms with E-state index in [1.807, 2.05) is 0 Å². The molecule has 0 spiro atoms. The zero-order valence-electron chi connectivity index (χ0n) is 11.6. The molecule has 0 saturated heterocycles. The van der Waals surface area contributed by atoms with Gasteiger partial charge in [0.2, 0.25) is 0 Å². The van der Waals surface area contributed by atoms with E-state index in [4.69, 9.17) is 6.42 Å². The van der Waals surface area contributed by atoms with Gasteiger partial charge in [0.1, 0.15) is 0 Å². The first-order valence-corrected chi connectivity index (χ1v) is 6.80. The molecule has 1 N–H and O–H groups in total. The normalized spacial score (nSPS) is 12.9. The molecule has 4 heteroatoms. The highest BCUT2D eigenvalue weighted by atomic mass is 19.4. The minimum absolute atomic E-state index is 0.120. The Morgan fingerprint density at radius 1 is 1.35 bits per heavy atom. The lowest BCUT2D eigenvalue weighted by atomic mass is 10.00. The van der Waals surface area contributed by atoms with Crippen molar-refractivity contribution in [3.63, 3.8) is 0 Å². The van der Waals surface area contributed by atoms with Gasteiger partial charge < -0.3 is 5.32 Å². The largest absolute Gasteiger partial charge is 0.416 e. The van der Waals surface area contributed by atoms with E-state index in [9.17, 15) is 13.2 Å². The average Bonchev–Trinajstić information content (AvgIpc) is 2.41. The molecule has 1 nitrogen and oxygen atoms in total. The van der Waals surface area contributed by atoms with Gasteiger partial charge in [-0.05, 0) is 37.4 Å². The number of rotatable bonds is 7. The molecule has 0 radical (unpaired) electrons. The first kappa shape index (κ1) is 16.6. The highest BCUT2D eigenvalue weighted by Gasteiger charge is 2.30. The summed E-state index contributed by atoms with van der Waals surface area (Å²) in [5, 5.41) is 3.33. The van der Waals surface area contributed by atoms with Crippen molar-refractivity contribution in [2.45, 2.75) is 44.8 Å². The number of terminal acetylenes is 1. The van der Waals surface area contributed by atoms with Crippen molar-refractivity contribution in [2.24, 2.45) is 0 Å². The summed E-state index contributed by atoms with van der Waals surface area (Å²) in [6.45, 7) is 2.89. The Bertz CT molecular complexity index is 446. The molecule has 0 bridgehead atoms. The summed E-state index contributed by atoms with van der Waals surface area (Å²) >= 11 is 0. The van der Waals surface area contributed by atoms with Crippen LogP contribution in [0.25, 0.3) is 0 Å². The number of benzene rings is 1. The Morgan fingerprint density at radius 2 is 2.10 bits per heavy atom. The summed E-state index contributed by atoms with van der Waals surface area (Å²) in [4.78, 5) is 0. The fourth-order valence-electron chi connectivity index (χ4n) is 2.04. The van der Waals surface area contributed by atoms with E-state index in [0.717, 1.165) is 25.5 Å². The van der Waals surface area contributed by atoms with E-state index >= 15 is 0 Å². The van der Waals surface area contributed by atoms with Crippen molar-refractivity contribution < 1.29 is 13.2 Å². The average molecular weight is 283 g/mol. The number of alkyl halides is 3. The zero-order valence-corrected chi connectivity index (χ0v) is 11.6. The number of halogens is 3. The van der Waals surface area contributed by atoms with Crippen molar-refractivity contribution >= 4 is 0 Å². The van der Waals surface area contributed by atoms with Gasteiger partial charge in [0.15, 0.2) is 0 Å². The first-order valence-electron chi connectivity index (χ1n) is 6.80. The molecule has 1 rings (SSSR count). The van der Waals surface area contributed by atoms with Gasteiger partial charge in [0.05, 0.1) is 5.56 Å². The maximum atomic E-state index is 12.7. The van der Waals surface area contributed by atoms with Crippen LogP contribution >= 0.6 is 0 Å². The van der Waals surface area contributed by atoms with Crippen LogP contribution in [0.2, 0.25) is 0 Å². The molecule has 110 valence electrons. The summed E-state index contributed by atoms with van der Waals surface area (Å²) in [7, 11) is 0. The van der Waals surface area contributed by atoms with Gasteiger partial charge >= 0.3 is 6.18 Å². The van der Waals surface area contributed by atoms with Crippen LogP contribution in [-0.4, -0.2) is 12.6 Å². The second-order valence-electron chi connectivity index (χ2n) is 4.80. The van der Waals surface area contributed by atoms with Crippen LogP contribution in [0, 0.1) is 12.3 Å². The van der Waals surface area contributed by atoms with Crippen LogP contribution in [0.5, 0.6) is 0 Å². The van der Waals surface area contributed by atoms with Crippen molar-refractivity contribution in [3.05, 3.63) is 35.4 Å². The minimum atomic E-state index is -4.29. The van der Waals surface area contributed by atoms with Gasteiger partial charge in [-0.3, -0.25) is 0 Å². The van der Waals surface area contributed by atoms with Gasteiger partial charge in [-0.15, -0.1) is 12.3 Å². The summed E-state index contributed by atoms with van der Waals surface area (Å²) in [6, 6.07) is 5.62. The predicted molar refractivity (Wildman–Crippen MR) is 75.3 cm³/mol. The summed E-state index contributed by atoms with van der Waals surface area (Å²) in [5.74, 6) is 2.58. The SMILES string of the molecule is C#CCCC(Cc1cccc(C(F)(F)F)c1)NCCC. The van der Waals surface area contributed by atoms with Gasteiger partial charge in [0, 0.05) is 12.5 Å². The summed E-state index contributed by atoms with van der Waals surface area (Å²) < 4.78 is 38.0. The lowest BCUT2D eigenvalue weighted by Crippen LogP contribution is -2.31. The fourth-order valence-corrected chi connectivity index (χ4v) is 2.04. The van der Waals surface area contributed by atoms with Crippen molar-refractivity contribution in [1.29, 1.82) is 0 Å². The van der Waals surface area contributed by atoms with E-state index in [0.29, 0.717) is 18.4 Å². The van der Waals surface area contributed by atoms with E-state index in [1.165, 1.54) is 12.1 Å². The standard InChI is InChI=1S/C16H20F3N/c1-3-5-9-15(20-10-4-2)12-13-7-6-8-14(11-13)16(17,18)19/h1,6-8,11,15,20H,4-5,9-10,12H2,2H3. The molecular formula is C16H20F3N. The molecular weight excluding hydrogens is 263 g/mol. The van der Waals surface area contributed by atoms with Gasteiger partial charge in [-0.1, -0.05) is 25.1 Å². The second kappa shape index (κ2) is 7.96. The Morgan fingerprint density at radius 3 is 2.70 bits per heavy atom. The van der Waals surface area contributed by atoms with Crippen LogP contribution in [0.1, 0.15) is 37.3 Å². The van der Waals surface area contributed by atoms with Crippen LogP contribution in [0.3, 0.4) is 0 Å². The molecule has 20 heavy (non-hydrogen) atoms. The maximum Gasteiger partial charge on any atom is 0.416 e. The highest BCUT2D eigenvalue weighted by molar-refractivity contribution is 5.26. The molecule has 0 aliphatic rings. The summed E-state index contributed by atoms with van der Waals surface area (Å²) in [6.07, 6.45) is 3.90. The number of hydrogen-bond acceptors (Lipinski definition) is 1. The Labute approximate surface area is 118 Å². The Kier molecular flexibility index (Phi) is 6.60. The fraction of sp³-hybridized carbons (Fsp3) is 0.500. The molecule has 0 heterocycles. The zero-order chi connectivity index (χ0) is 15.0. The maximum absolute atomic E-state index is 12.7. The van der Waals surface area contributed by atoms with Gasteiger partial charge in [-0.2, -0.15) is 13.2 Å². The van der Waals surface area contributed by atoms with E-state index in [2.05, 4.69) is 18.2 Å². The molecule has 1 unspecified atom stereocenters. The molecule has 1 aromatic carbocycles. The van der Waals surface area contributed by atoms with Gasteiger partial charge in [0.25, 0.3) is 0 Å². The number of nitrogens with one attached hydrogen (secondary N) is 1. The third kappa shape index (κ3) is 5.66. The van der Waals surface area contributed by atoms with Gasteiger partial charge in [-0.25, -0.2) is 0 Å². The minimum Gasteiger partial charge on any atom is -0.314 e. The lowest BCUT2D eigenvalue weighted by Gasteiger charge is -2.18. The molecule has 0 fully saturated rings. The van der Waals surface area contributed by atoms with Crippen molar-refractivity contribution in [2.75, 3.05) is 6.54 Å². The van der Waals surface area contributed by atoms with E-state index < -0.39 is 11.7 Å². The highest BCUT2D eigenvalue weighted by Crippen LogP contribution is 2.29. The van der Waals surface area contributed by atoms with Crippen LogP contribution in [0.4, 0.5) is 13.2 Å². The van der Waals surface area contributed by atoms with Crippen LogP contribution in [-0.2, 0) is 12.6 Å². The second-order valence-corrected chi connectivity index (χ2v) is 4.80. The van der Waals surface area contributed by atoms with Crippen molar-refractivity contribution in [3.8, 4) is 12.3 Å². The molecule has 1 aromatic rings. The lowest BCUT2D eigenvalue weighted by molar-refractivity contribution is -0.137. The van der Waals surface area contributed by atoms with Crippen LogP contribution < -0.4 is 5.32 Å². The quantitative estimate of drug-likeness (QED) is 0.745. The molecule has 0 aliphatic heterocycles. The van der Waals surface area contributed by atoms with Crippen LogP contribution in [0.15, 0.2) is 24.3 Å². The van der Waals surface area contributed by atoms with E-state index in [-0.39, 0.29) is 6.04 Å². The topological polar surface area (TPSA) is 12.0 Å². The third-order valence-corrected chi connectivity index (χ3v) is 3.06. The number of hydrogen-bond donors (Lipinski definition) is 1. The molecule has 0 amide bonds. The molecule has 0 aromatic heterocycles. The Balaban J connectivity index is 2.74. The molecule has 1 atom stereocenters. The van der Waals surface area contributed by atoms with Crippen molar-refractivity contribution in [1.82, 2.24) is 5.32 Å². The summed E-state index contributed by atoms with van der Waals surface area (Å²) in [5.41, 5.74) is 0.0895. The third-order valence-electron chi connectivity index (χ3n) is 3.06. The molecule has 0 saturated carbocycles.